The van der Waals surface area contributed by atoms with Gasteiger partial charge in [-0.25, -0.2) is 4.39 Å². The van der Waals surface area contributed by atoms with E-state index in [0.29, 0.717) is 5.92 Å². The third-order valence-corrected chi connectivity index (χ3v) is 2.74. The molecule has 0 bridgehead atoms. The minimum atomic E-state index is -0.360. The van der Waals surface area contributed by atoms with E-state index in [0.717, 1.165) is 12.1 Å². The maximum absolute atomic E-state index is 13.0. The molecule has 1 aromatic rings. The van der Waals surface area contributed by atoms with Crippen molar-refractivity contribution in [3.8, 4) is 0 Å². The van der Waals surface area contributed by atoms with E-state index in [1.54, 1.807) is 12.1 Å². The van der Waals surface area contributed by atoms with Crippen molar-refractivity contribution in [3.63, 3.8) is 0 Å². The Balaban J connectivity index is 2.66. The largest absolute Gasteiger partial charge is 0.311 e. The van der Waals surface area contributed by atoms with Gasteiger partial charge in [0.1, 0.15) is 5.82 Å². The van der Waals surface area contributed by atoms with Crippen molar-refractivity contribution in [2.75, 3.05) is 6.54 Å². The molecule has 90 valence electrons. The van der Waals surface area contributed by atoms with Gasteiger partial charge in [0.2, 0.25) is 0 Å². The number of rotatable bonds is 3. The van der Waals surface area contributed by atoms with Crippen LogP contribution >= 0.6 is 11.6 Å². The van der Waals surface area contributed by atoms with E-state index in [2.05, 4.69) is 33.0 Å². The molecule has 0 saturated carbocycles. The molecule has 0 amide bonds. The Bertz CT molecular complexity index is 357. The van der Waals surface area contributed by atoms with Crippen molar-refractivity contribution in [2.24, 2.45) is 0 Å². The lowest BCUT2D eigenvalue weighted by molar-refractivity contribution is 0.412. The third-order valence-electron chi connectivity index (χ3n) is 2.45. The molecule has 1 nitrogen and oxygen atoms in total. The number of nitrogens with one attached hydrogen (secondary N) is 1. The van der Waals surface area contributed by atoms with Gasteiger partial charge in [0.15, 0.2) is 0 Å². The molecule has 0 saturated heterocycles. The molecule has 0 radical (unpaired) electrons. The zero-order valence-electron chi connectivity index (χ0n) is 10.3. The maximum atomic E-state index is 13.0. The lowest BCUT2D eigenvalue weighted by atomic mass is 9.99. The Kier molecular flexibility index (Phi) is 4.34. The first-order valence-corrected chi connectivity index (χ1v) is 5.87. The number of halogens is 2. The van der Waals surface area contributed by atoms with Crippen LogP contribution in [0.25, 0.3) is 0 Å². The monoisotopic (exact) mass is 243 g/mol. The lowest BCUT2D eigenvalue weighted by Gasteiger charge is -2.23. The van der Waals surface area contributed by atoms with E-state index in [1.165, 1.54) is 6.07 Å². The molecule has 0 aromatic heterocycles. The van der Waals surface area contributed by atoms with Gasteiger partial charge < -0.3 is 5.32 Å². The van der Waals surface area contributed by atoms with E-state index in [-0.39, 0.29) is 16.4 Å². The molecule has 1 rings (SSSR count). The molecular formula is C13H19ClFN. The molecule has 0 spiro atoms. The van der Waals surface area contributed by atoms with Crippen LogP contribution in [0.4, 0.5) is 4.39 Å². The fourth-order valence-corrected chi connectivity index (χ4v) is 1.59. The van der Waals surface area contributed by atoms with Gasteiger partial charge in [-0.2, -0.15) is 0 Å². The van der Waals surface area contributed by atoms with Crippen LogP contribution in [0.15, 0.2) is 18.2 Å². The number of hydrogen-bond acceptors (Lipinski definition) is 1. The fraction of sp³-hybridized carbons (Fsp3) is 0.538. The molecule has 0 fully saturated rings. The van der Waals surface area contributed by atoms with E-state index >= 15 is 0 Å². The average molecular weight is 244 g/mol. The zero-order chi connectivity index (χ0) is 12.3. The van der Waals surface area contributed by atoms with Gasteiger partial charge in [0.25, 0.3) is 0 Å². The van der Waals surface area contributed by atoms with E-state index in [4.69, 9.17) is 11.6 Å². The highest BCUT2D eigenvalue weighted by Crippen LogP contribution is 2.22. The molecule has 3 heteroatoms. The molecular weight excluding hydrogens is 225 g/mol. The predicted molar refractivity (Wildman–Crippen MR) is 67.6 cm³/mol. The van der Waals surface area contributed by atoms with Crippen LogP contribution in [0.2, 0.25) is 5.02 Å². The molecule has 0 aliphatic heterocycles. The Morgan fingerprint density at radius 1 is 1.38 bits per heavy atom. The van der Waals surface area contributed by atoms with Crippen LogP contribution in [0.3, 0.4) is 0 Å². The quantitative estimate of drug-likeness (QED) is 0.847. The molecule has 1 unspecified atom stereocenters. The zero-order valence-corrected chi connectivity index (χ0v) is 11.0. The van der Waals surface area contributed by atoms with Gasteiger partial charge in [0.05, 0.1) is 5.02 Å². The predicted octanol–water partition coefficient (Wildman–Crippen LogP) is 3.97. The lowest BCUT2D eigenvalue weighted by Crippen LogP contribution is -2.38. The van der Waals surface area contributed by atoms with Crippen LogP contribution in [0.1, 0.15) is 39.2 Å². The third kappa shape index (κ3) is 4.11. The van der Waals surface area contributed by atoms with Crippen molar-refractivity contribution in [1.82, 2.24) is 5.32 Å². The smallest absolute Gasteiger partial charge is 0.141 e. The van der Waals surface area contributed by atoms with E-state index in [1.807, 2.05) is 0 Å². The summed E-state index contributed by atoms with van der Waals surface area (Å²) in [6.45, 7) is 9.32. The Hall–Kier alpha value is -0.600. The summed E-state index contributed by atoms with van der Waals surface area (Å²) in [5.74, 6) is -0.0428. The summed E-state index contributed by atoms with van der Waals surface area (Å²) in [6, 6.07) is 4.91. The standard InChI is InChI=1S/C13H19ClFN/c1-9(8-16-13(2,3)4)10-5-6-12(15)11(14)7-10/h5-7,9,16H,8H2,1-4H3. The first-order chi connectivity index (χ1) is 7.29. The maximum Gasteiger partial charge on any atom is 0.141 e. The molecule has 1 N–H and O–H groups in total. The summed E-state index contributed by atoms with van der Waals surface area (Å²) < 4.78 is 13.0. The summed E-state index contributed by atoms with van der Waals surface area (Å²) in [6.07, 6.45) is 0. The van der Waals surface area contributed by atoms with Crippen LogP contribution in [-0.2, 0) is 0 Å². The van der Waals surface area contributed by atoms with Crippen LogP contribution < -0.4 is 5.32 Å². The summed E-state index contributed by atoms with van der Waals surface area (Å²) in [5, 5.41) is 3.61. The Morgan fingerprint density at radius 2 is 2.00 bits per heavy atom. The van der Waals surface area contributed by atoms with Crippen molar-refractivity contribution >= 4 is 11.6 Å². The second-order valence-electron chi connectivity index (χ2n) is 5.21. The van der Waals surface area contributed by atoms with Crippen molar-refractivity contribution in [2.45, 2.75) is 39.2 Å². The number of hydrogen-bond donors (Lipinski definition) is 1. The molecule has 16 heavy (non-hydrogen) atoms. The fourth-order valence-electron chi connectivity index (χ4n) is 1.40. The van der Waals surface area contributed by atoms with Gasteiger partial charge in [0, 0.05) is 12.1 Å². The van der Waals surface area contributed by atoms with Crippen molar-refractivity contribution in [1.29, 1.82) is 0 Å². The Morgan fingerprint density at radius 3 is 2.50 bits per heavy atom. The minimum Gasteiger partial charge on any atom is -0.311 e. The second-order valence-corrected chi connectivity index (χ2v) is 5.61. The second kappa shape index (κ2) is 5.15. The summed E-state index contributed by atoms with van der Waals surface area (Å²) in [5.41, 5.74) is 1.15. The highest BCUT2D eigenvalue weighted by molar-refractivity contribution is 6.30. The Labute approximate surface area is 102 Å². The van der Waals surface area contributed by atoms with Gasteiger partial charge >= 0.3 is 0 Å². The van der Waals surface area contributed by atoms with Gasteiger partial charge in [-0.05, 0) is 44.4 Å². The van der Waals surface area contributed by atoms with Gasteiger partial charge in [-0.15, -0.1) is 0 Å². The highest BCUT2D eigenvalue weighted by Gasteiger charge is 2.13. The minimum absolute atomic E-state index is 0.0953. The van der Waals surface area contributed by atoms with Gasteiger partial charge in [-0.3, -0.25) is 0 Å². The van der Waals surface area contributed by atoms with Crippen LogP contribution in [-0.4, -0.2) is 12.1 Å². The summed E-state index contributed by atoms with van der Waals surface area (Å²) in [7, 11) is 0. The van der Waals surface area contributed by atoms with Crippen molar-refractivity contribution < 1.29 is 4.39 Å². The average Bonchev–Trinajstić information content (AvgIpc) is 2.17. The highest BCUT2D eigenvalue weighted by atomic mass is 35.5. The summed E-state index contributed by atoms with van der Waals surface area (Å²) >= 11 is 5.75. The van der Waals surface area contributed by atoms with Gasteiger partial charge in [-0.1, -0.05) is 24.6 Å². The SMILES string of the molecule is CC(CNC(C)(C)C)c1ccc(F)c(Cl)c1. The molecule has 0 heterocycles. The van der Waals surface area contributed by atoms with Crippen molar-refractivity contribution in [3.05, 3.63) is 34.6 Å². The molecule has 1 aromatic carbocycles. The molecule has 0 aliphatic carbocycles. The van der Waals surface area contributed by atoms with Crippen LogP contribution in [0.5, 0.6) is 0 Å². The number of benzene rings is 1. The van der Waals surface area contributed by atoms with E-state index < -0.39 is 0 Å². The van der Waals surface area contributed by atoms with Crippen LogP contribution in [0, 0.1) is 5.82 Å². The van der Waals surface area contributed by atoms with E-state index in [9.17, 15) is 4.39 Å². The molecule has 0 aliphatic rings. The first kappa shape index (κ1) is 13.5. The summed E-state index contributed by atoms with van der Waals surface area (Å²) in [4.78, 5) is 0. The molecule has 1 atom stereocenters. The first-order valence-electron chi connectivity index (χ1n) is 5.49. The topological polar surface area (TPSA) is 12.0 Å². The normalized spacial score (nSPS) is 13.9.